The molecule has 0 aliphatic rings. The number of carbonyl (C=O) groups excluding carboxylic acids is 2. The van der Waals surface area contributed by atoms with Crippen LogP contribution < -0.4 is 20.1 Å². The second-order valence-corrected chi connectivity index (χ2v) is 8.37. The van der Waals surface area contributed by atoms with Crippen molar-refractivity contribution in [3.05, 3.63) is 78.1 Å². The number of amides is 2. The first kappa shape index (κ1) is 22.8. The summed E-state index contributed by atoms with van der Waals surface area (Å²) in [6.45, 7) is 1.37. The molecule has 32 heavy (non-hydrogen) atoms. The van der Waals surface area contributed by atoms with Crippen LogP contribution in [0.4, 0.5) is 21.5 Å². The Morgan fingerprint density at radius 3 is 2.09 bits per heavy atom. The number of nitrogens with one attached hydrogen (secondary N) is 3. The highest BCUT2D eigenvalue weighted by Gasteiger charge is 2.15. The maximum atomic E-state index is 13.0. The maximum Gasteiger partial charge on any atom is 0.261 e. The molecule has 0 atom stereocenters. The molecule has 2 amide bonds. The lowest BCUT2D eigenvalue weighted by atomic mass is 10.2. The van der Waals surface area contributed by atoms with Crippen molar-refractivity contribution in [1.82, 2.24) is 0 Å². The fraction of sp³-hybridized carbons (Fsp3) is 0.0909. The van der Waals surface area contributed by atoms with E-state index < -0.39 is 21.7 Å². The van der Waals surface area contributed by atoms with Crippen molar-refractivity contribution >= 4 is 38.9 Å². The molecule has 0 fully saturated rings. The first-order chi connectivity index (χ1) is 15.2. The number of ether oxygens (including phenoxy) is 1. The van der Waals surface area contributed by atoms with Crippen LogP contribution >= 0.6 is 0 Å². The normalized spacial score (nSPS) is 10.8. The average molecular weight is 457 g/mol. The Morgan fingerprint density at radius 1 is 0.875 bits per heavy atom. The van der Waals surface area contributed by atoms with E-state index in [0.717, 1.165) is 24.3 Å². The molecule has 3 aromatic rings. The number of hydrogen-bond acceptors (Lipinski definition) is 5. The number of rotatable bonds is 7. The van der Waals surface area contributed by atoms with Gasteiger partial charge in [-0.3, -0.25) is 14.3 Å². The number of benzene rings is 3. The molecule has 0 aromatic heterocycles. The van der Waals surface area contributed by atoms with E-state index in [0.29, 0.717) is 17.1 Å². The van der Waals surface area contributed by atoms with E-state index in [1.165, 1.54) is 38.3 Å². The van der Waals surface area contributed by atoms with Crippen LogP contribution in [-0.2, 0) is 14.8 Å². The van der Waals surface area contributed by atoms with E-state index in [2.05, 4.69) is 15.4 Å². The summed E-state index contributed by atoms with van der Waals surface area (Å²) in [6.07, 6.45) is 0. The predicted molar refractivity (Wildman–Crippen MR) is 119 cm³/mol. The van der Waals surface area contributed by atoms with Crippen LogP contribution in [0.3, 0.4) is 0 Å². The summed E-state index contributed by atoms with van der Waals surface area (Å²) in [4.78, 5) is 23.8. The zero-order chi connectivity index (χ0) is 23.3. The van der Waals surface area contributed by atoms with Gasteiger partial charge < -0.3 is 15.4 Å². The minimum atomic E-state index is -3.90. The van der Waals surface area contributed by atoms with Crippen LogP contribution in [0, 0.1) is 5.82 Å². The minimum Gasteiger partial charge on any atom is -0.495 e. The standard InChI is InChI=1S/C22H20FN3O5S/c1-14(27)24-18-9-12-21(31-2)20(13-18)25-22(28)15-3-7-17(8-4-15)26-32(29,30)19-10-5-16(23)6-11-19/h3-13,26H,1-2H3,(H,24,27)(H,25,28). The predicted octanol–water partition coefficient (Wildman–Crippen LogP) is 3.85. The summed E-state index contributed by atoms with van der Waals surface area (Å²) in [5.74, 6) is -0.864. The lowest BCUT2D eigenvalue weighted by Crippen LogP contribution is -2.15. The molecular weight excluding hydrogens is 437 g/mol. The zero-order valence-corrected chi connectivity index (χ0v) is 18.0. The number of halogens is 1. The van der Waals surface area contributed by atoms with Crippen LogP contribution in [-0.4, -0.2) is 27.3 Å². The number of sulfonamides is 1. The summed E-state index contributed by atoms with van der Waals surface area (Å²) >= 11 is 0. The second-order valence-electron chi connectivity index (χ2n) is 6.69. The van der Waals surface area contributed by atoms with Crippen LogP contribution in [0.1, 0.15) is 17.3 Å². The highest BCUT2D eigenvalue weighted by atomic mass is 32.2. The van der Waals surface area contributed by atoms with Crippen LogP contribution in [0.15, 0.2) is 71.6 Å². The summed E-state index contributed by atoms with van der Waals surface area (Å²) in [6, 6.07) is 15.0. The summed E-state index contributed by atoms with van der Waals surface area (Å²) < 4.78 is 45.4. The van der Waals surface area contributed by atoms with Crippen molar-refractivity contribution in [2.45, 2.75) is 11.8 Å². The largest absolute Gasteiger partial charge is 0.495 e. The molecule has 3 N–H and O–H groups in total. The first-order valence-corrected chi connectivity index (χ1v) is 10.8. The summed E-state index contributed by atoms with van der Waals surface area (Å²) in [7, 11) is -2.45. The van der Waals surface area contributed by atoms with Gasteiger partial charge in [-0.05, 0) is 66.7 Å². The molecule has 0 aliphatic heterocycles. The Labute approximate surface area is 184 Å². The van der Waals surface area contributed by atoms with Gasteiger partial charge in [0.1, 0.15) is 11.6 Å². The van der Waals surface area contributed by atoms with E-state index in [1.807, 2.05) is 0 Å². The quantitative estimate of drug-likeness (QED) is 0.499. The first-order valence-electron chi connectivity index (χ1n) is 9.33. The van der Waals surface area contributed by atoms with Gasteiger partial charge in [0.25, 0.3) is 15.9 Å². The average Bonchev–Trinajstić information content (AvgIpc) is 2.74. The van der Waals surface area contributed by atoms with Crippen molar-refractivity contribution in [2.75, 3.05) is 22.5 Å². The topological polar surface area (TPSA) is 114 Å². The van der Waals surface area contributed by atoms with Crippen LogP contribution in [0.5, 0.6) is 5.75 Å². The molecular formula is C22H20FN3O5S. The van der Waals surface area contributed by atoms with Crippen molar-refractivity contribution < 1.29 is 27.1 Å². The molecule has 166 valence electrons. The van der Waals surface area contributed by atoms with Gasteiger partial charge in [0, 0.05) is 23.9 Å². The molecule has 8 nitrogen and oxygen atoms in total. The monoisotopic (exact) mass is 457 g/mol. The van der Waals surface area contributed by atoms with Crippen molar-refractivity contribution in [1.29, 1.82) is 0 Å². The molecule has 0 saturated heterocycles. The number of anilines is 3. The molecule has 0 spiro atoms. The van der Waals surface area contributed by atoms with Gasteiger partial charge in [0.2, 0.25) is 5.91 Å². The molecule has 0 radical (unpaired) electrons. The van der Waals surface area contributed by atoms with E-state index in [4.69, 9.17) is 4.74 Å². The van der Waals surface area contributed by atoms with E-state index in [-0.39, 0.29) is 22.1 Å². The Balaban J connectivity index is 1.74. The Bertz CT molecular complexity index is 1240. The summed E-state index contributed by atoms with van der Waals surface area (Å²) in [5, 5.41) is 5.32. The maximum absolute atomic E-state index is 13.0. The van der Waals surface area contributed by atoms with Gasteiger partial charge in [-0.25, -0.2) is 12.8 Å². The van der Waals surface area contributed by atoms with Crippen molar-refractivity contribution in [3.8, 4) is 5.75 Å². The highest BCUT2D eigenvalue weighted by molar-refractivity contribution is 7.92. The van der Waals surface area contributed by atoms with Gasteiger partial charge in [0.05, 0.1) is 17.7 Å². The lowest BCUT2D eigenvalue weighted by Gasteiger charge is -2.13. The van der Waals surface area contributed by atoms with E-state index in [1.54, 1.807) is 18.2 Å². The van der Waals surface area contributed by atoms with Gasteiger partial charge in [-0.1, -0.05) is 0 Å². The van der Waals surface area contributed by atoms with Crippen molar-refractivity contribution in [2.24, 2.45) is 0 Å². The number of hydrogen-bond donors (Lipinski definition) is 3. The SMILES string of the molecule is COc1ccc(NC(C)=O)cc1NC(=O)c1ccc(NS(=O)(=O)c2ccc(F)cc2)cc1. The molecule has 3 rings (SSSR count). The fourth-order valence-corrected chi connectivity index (χ4v) is 3.86. The molecule has 0 heterocycles. The van der Waals surface area contributed by atoms with Gasteiger partial charge in [0.15, 0.2) is 0 Å². The van der Waals surface area contributed by atoms with Gasteiger partial charge >= 0.3 is 0 Å². The number of carbonyl (C=O) groups is 2. The van der Waals surface area contributed by atoms with Crippen molar-refractivity contribution in [3.63, 3.8) is 0 Å². The molecule has 0 unspecified atom stereocenters. The molecule has 0 bridgehead atoms. The summed E-state index contributed by atoms with van der Waals surface area (Å²) in [5.41, 5.74) is 1.34. The molecule has 0 aliphatic carbocycles. The number of methoxy groups -OCH3 is 1. The third-order valence-corrected chi connectivity index (χ3v) is 5.69. The third-order valence-electron chi connectivity index (χ3n) is 4.29. The Hall–Kier alpha value is -3.92. The highest BCUT2D eigenvalue weighted by Crippen LogP contribution is 2.28. The Morgan fingerprint density at radius 2 is 1.50 bits per heavy atom. The molecule has 0 saturated carbocycles. The third kappa shape index (κ3) is 5.61. The zero-order valence-electron chi connectivity index (χ0n) is 17.2. The van der Waals surface area contributed by atoms with Crippen LogP contribution in [0.25, 0.3) is 0 Å². The minimum absolute atomic E-state index is 0.0909. The fourth-order valence-electron chi connectivity index (χ4n) is 2.80. The van der Waals surface area contributed by atoms with E-state index >= 15 is 0 Å². The van der Waals surface area contributed by atoms with Gasteiger partial charge in [-0.15, -0.1) is 0 Å². The van der Waals surface area contributed by atoms with Crippen LogP contribution in [0.2, 0.25) is 0 Å². The van der Waals surface area contributed by atoms with Gasteiger partial charge in [-0.2, -0.15) is 0 Å². The van der Waals surface area contributed by atoms with E-state index in [9.17, 15) is 22.4 Å². The molecule has 10 heteroatoms. The Kier molecular flexibility index (Phi) is 6.74. The lowest BCUT2D eigenvalue weighted by molar-refractivity contribution is -0.114. The molecule has 3 aromatic carbocycles. The second kappa shape index (κ2) is 9.48. The smallest absolute Gasteiger partial charge is 0.261 e.